The number of hydrogen-bond donors (Lipinski definition) is 2. The molecule has 2 unspecified atom stereocenters. The van der Waals surface area contributed by atoms with Crippen LogP contribution in [0.5, 0.6) is 0 Å². The van der Waals surface area contributed by atoms with E-state index < -0.39 is 76.9 Å². The molecule has 0 fully saturated rings. The molecule has 2 aromatic rings. The molecule has 0 saturated carbocycles. The summed E-state index contributed by atoms with van der Waals surface area (Å²) in [4.78, 5) is 24.1. The molecule has 2 N–H and O–H groups in total. The minimum atomic E-state index is -5.33. The predicted molar refractivity (Wildman–Crippen MR) is 129 cm³/mol. The van der Waals surface area contributed by atoms with Gasteiger partial charge in [-0.2, -0.15) is 39.5 Å². The van der Waals surface area contributed by atoms with E-state index in [1.165, 1.54) is 5.32 Å². The van der Waals surface area contributed by atoms with Gasteiger partial charge < -0.3 is 10.6 Å². The molecule has 0 aromatic heterocycles. The van der Waals surface area contributed by atoms with Crippen LogP contribution in [0.3, 0.4) is 0 Å². The molecule has 0 aliphatic heterocycles. The number of carbonyl (C=O) groups is 2. The summed E-state index contributed by atoms with van der Waals surface area (Å²) in [6.45, 7) is -0.872. The van der Waals surface area contributed by atoms with Gasteiger partial charge in [0, 0.05) is 5.56 Å². The molecule has 40 heavy (non-hydrogen) atoms. The fourth-order valence-electron chi connectivity index (χ4n) is 3.18. The van der Waals surface area contributed by atoms with Crippen LogP contribution in [0.2, 0.25) is 10.0 Å². The van der Waals surface area contributed by atoms with Crippen LogP contribution in [-0.2, 0) is 11.0 Å². The van der Waals surface area contributed by atoms with Gasteiger partial charge in [0.1, 0.15) is 24.3 Å². The summed E-state index contributed by atoms with van der Waals surface area (Å²) in [6, 6.07) is 1.05. The first-order valence-corrected chi connectivity index (χ1v) is 12.1. The van der Waals surface area contributed by atoms with Gasteiger partial charge in [-0.3, -0.25) is 9.59 Å². The number of nitrogens with one attached hydrogen (secondary N) is 2. The molecule has 0 bridgehead atoms. The lowest BCUT2D eigenvalue weighted by Gasteiger charge is -2.20. The summed E-state index contributed by atoms with van der Waals surface area (Å²) < 4.78 is 134. The van der Waals surface area contributed by atoms with E-state index in [9.17, 15) is 53.5 Å². The molecule has 2 aromatic carbocycles. The average molecular weight is 692 g/mol. The first-order chi connectivity index (χ1) is 18.1. The molecule has 2 atom stereocenters. The second kappa shape index (κ2) is 12.6. The molecule has 0 aliphatic carbocycles. The Hall–Kier alpha value is -2.52. The predicted octanol–water partition coefficient (Wildman–Crippen LogP) is 8.23. The summed E-state index contributed by atoms with van der Waals surface area (Å²) in [5.41, 5.74) is -4.56. The first kappa shape index (κ1) is 33.7. The van der Waals surface area contributed by atoms with E-state index in [4.69, 9.17) is 23.2 Å². The summed E-state index contributed by atoms with van der Waals surface area (Å²) in [7, 11) is 0. The summed E-state index contributed by atoms with van der Waals surface area (Å²) in [5.74, 6) is -7.36. The number of benzene rings is 2. The van der Waals surface area contributed by atoms with E-state index >= 15 is 0 Å². The average Bonchev–Trinajstić information content (AvgIpc) is 2.81. The normalized spacial score (nSPS) is 14.5. The standard InChI is InChI=1S/C23H15BrCl2F10N2O2/c1-9(19(39)37-8-21(28,29)30)38-20(40)12-3-2-10(4-14(12)23(34,35)36)17(27)7-13(22(31,32)33)11-5-15(25)18(24)16(26)6-11/h2-7,9,13H,8H2,1H3,(H,37,39)(H,38,40)/b17-7-. The molecule has 0 heterocycles. The Morgan fingerprint density at radius 3 is 2.00 bits per heavy atom. The van der Waals surface area contributed by atoms with Crippen LogP contribution >= 0.6 is 39.1 Å². The van der Waals surface area contributed by atoms with Gasteiger partial charge in [0.25, 0.3) is 5.91 Å². The Morgan fingerprint density at radius 2 is 1.52 bits per heavy atom. The quantitative estimate of drug-likeness (QED) is 0.227. The number of carbonyl (C=O) groups excluding carboxylic acids is 2. The fourth-order valence-corrected chi connectivity index (χ4v) is 3.92. The Bertz CT molecular complexity index is 1290. The maximum Gasteiger partial charge on any atom is 0.417 e. The maximum atomic E-state index is 15.0. The van der Waals surface area contributed by atoms with Crippen LogP contribution in [-0.4, -0.2) is 36.8 Å². The highest BCUT2D eigenvalue weighted by molar-refractivity contribution is 9.10. The molecular weight excluding hydrogens is 677 g/mol. The Labute approximate surface area is 237 Å². The van der Waals surface area contributed by atoms with E-state index in [0.717, 1.165) is 19.1 Å². The third-order valence-corrected chi connectivity index (χ3v) is 6.99. The Balaban J connectivity index is 2.45. The topological polar surface area (TPSA) is 58.2 Å². The number of hydrogen-bond acceptors (Lipinski definition) is 2. The molecule has 4 nitrogen and oxygen atoms in total. The van der Waals surface area contributed by atoms with Crippen molar-refractivity contribution in [1.82, 2.24) is 10.6 Å². The van der Waals surface area contributed by atoms with Gasteiger partial charge in [-0.05, 0) is 58.8 Å². The maximum absolute atomic E-state index is 15.0. The molecule has 2 amide bonds. The lowest BCUT2D eigenvalue weighted by atomic mass is 9.95. The molecule has 0 aliphatic rings. The molecule has 0 radical (unpaired) electrons. The molecule has 2 rings (SSSR count). The van der Waals surface area contributed by atoms with Crippen molar-refractivity contribution in [2.45, 2.75) is 37.4 Å². The van der Waals surface area contributed by atoms with Crippen LogP contribution in [0, 0.1) is 0 Å². The van der Waals surface area contributed by atoms with Crippen molar-refractivity contribution in [1.29, 1.82) is 0 Å². The monoisotopic (exact) mass is 690 g/mol. The number of alkyl halides is 9. The molecular formula is C23H15BrCl2F10N2O2. The number of rotatable bonds is 7. The van der Waals surface area contributed by atoms with Crippen molar-refractivity contribution in [2.75, 3.05) is 6.54 Å². The van der Waals surface area contributed by atoms with E-state index in [2.05, 4.69) is 15.9 Å². The van der Waals surface area contributed by atoms with Gasteiger partial charge >= 0.3 is 18.5 Å². The van der Waals surface area contributed by atoms with Crippen LogP contribution in [0.25, 0.3) is 5.83 Å². The highest BCUT2D eigenvalue weighted by Gasteiger charge is 2.41. The second-order valence-corrected chi connectivity index (χ2v) is 9.73. The summed E-state index contributed by atoms with van der Waals surface area (Å²) in [5, 5.41) is 2.71. The largest absolute Gasteiger partial charge is 0.417 e. The van der Waals surface area contributed by atoms with Crippen LogP contribution in [0.4, 0.5) is 43.9 Å². The minimum absolute atomic E-state index is 0.00180. The highest BCUT2D eigenvalue weighted by Crippen LogP contribution is 2.43. The first-order valence-electron chi connectivity index (χ1n) is 10.6. The van der Waals surface area contributed by atoms with Gasteiger partial charge in [-0.1, -0.05) is 29.3 Å². The highest BCUT2D eigenvalue weighted by atomic mass is 79.9. The van der Waals surface area contributed by atoms with E-state index in [1.807, 2.05) is 0 Å². The van der Waals surface area contributed by atoms with Crippen molar-refractivity contribution in [3.8, 4) is 0 Å². The van der Waals surface area contributed by atoms with Crippen molar-refractivity contribution in [3.05, 3.63) is 73.2 Å². The van der Waals surface area contributed by atoms with E-state index in [-0.39, 0.29) is 26.7 Å². The third-order valence-electron chi connectivity index (χ3n) is 5.08. The number of halogens is 13. The Morgan fingerprint density at radius 1 is 0.975 bits per heavy atom. The lowest BCUT2D eigenvalue weighted by molar-refractivity contribution is -0.140. The lowest BCUT2D eigenvalue weighted by Crippen LogP contribution is -2.47. The zero-order valence-electron chi connectivity index (χ0n) is 19.6. The van der Waals surface area contributed by atoms with Gasteiger partial charge in [0.2, 0.25) is 5.91 Å². The Kier molecular flexibility index (Phi) is 10.6. The van der Waals surface area contributed by atoms with Gasteiger partial charge in [0.15, 0.2) is 0 Å². The van der Waals surface area contributed by atoms with Gasteiger partial charge in [-0.25, -0.2) is 4.39 Å². The molecule has 220 valence electrons. The smallest absolute Gasteiger partial charge is 0.345 e. The number of allylic oxidation sites excluding steroid dienone is 1. The zero-order valence-corrected chi connectivity index (χ0v) is 22.7. The molecule has 17 heteroatoms. The van der Waals surface area contributed by atoms with E-state index in [0.29, 0.717) is 12.1 Å². The fraction of sp³-hybridized carbons (Fsp3) is 0.304. The van der Waals surface area contributed by atoms with E-state index in [1.54, 1.807) is 5.32 Å². The minimum Gasteiger partial charge on any atom is -0.345 e. The summed E-state index contributed by atoms with van der Waals surface area (Å²) in [6.07, 6.45) is -15.3. The van der Waals surface area contributed by atoms with Crippen LogP contribution < -0.4 is 10.6 Å². The van der Waals surface area contributed by atoms with Gasteiger partial charge in [-0.15, -0.1) is 0 Å². The molecule has 0 spiro atoms. The summed E-state index contributed by atoms with van der Waals surface area (Å²) >= 11 is 14.6. The van der Waals surface area contributed by atoms with Crippen LogP contribution in [0.1, 0.15) is 39.9 Å². The number of amides is 2. The zero-order chi connectivity index (χ0) is 30.8. The SMILES string of the molecule is CC(NC(=O)c1ccc(/C(F)=C/C(c2cc(Cl)c(Br)c(Cl)c2)C(F)(F)F)cc1C(F)(F)F)C(=O)NCC(F)(F)F. The molecule has 0 saturated heterocycles. The third kappa shape index (κ3) is 8.99. The van der Waals surface area contributed by atoms with Crippen LogP contribution in [0.15, 0.2) is 40.9 Å². The van der Waals surface area contributed by atoms with Crippen molar-refractivity contribution in [2.24, 2.45) is 0 Å². The van der Waals surface area contributed by atoms with Crippen molar-refractivity contribution >= 4 is 56.8 Å². The second-order valence-electron chi connectivity index (χ2n) is 8.12. The van der Waals surface area contributed by atoms with Gasteiger partial charge in [0.05, 0.1) is 25.6 Å². The van der Waals surface area contributed by atoms with Crippen molar-refractivity contribution < 1.29 is 53.5 Å². The van der Waals surface area contributed by atoms with Crippen molar-refractivity contribution in [3.63, 3.8) is 0 Å².